The second kappa shape index (κ2) is 10.5. The molecule has 0 unspecified atom stereocenters. The molecule has 2 aromatic carbocycles. The molecular formula is C24H27N5O2S. The molecule has 1 fully saturated rings. The molecule has 8 heteroatoms. The van der Waals surface area contributed by atoms with Crippen molar-refractivity contribution < 1.29 is 9.59 Å². The fourth-order valence-electron chi connectivity index (χ4n) is 3.68. The number of amides is 2. The third kappa shape index (κ3) is 6.23. The van der Waals surface area contributed by atoms with Gasteiger partial charge in [0.25, 0.3) is 5.91 Å². The lowest BCUT2D eigenvalue weighted by Crippen LogP contribution is -2.45. The molecule has 0 aliphatic carbocycles. The number of anilines is 2. The fourth-order valence-corrected chi connectivity index (χ4v) is 4.42. The molecule has 0 saturated carbocycles. The molecule has 7 nitrogen and oxygen atoms in total. The van der Waals surface area contributed by atoms with Gasteiger partial charge in [0.2, 0.25) is 5.91 Å². The molecule has 3 aromatic rings. The fraction of sp³-hybridized carbons (Fsp3) is 0.292. The van der Waals surface area contributed by atoms with Crippen LogP contribution in [0.2, 0.25) is 0 Å². The first-order chi connectivity index (χ1) is 15.5. The van der Waals surface area contributed by atoms with Crippen molar-refractivity contribution >= 4 is 34.0 Å². The van der Waals surface area contributed by atoms with Crippen molar-refractivity contribution in [2.24, 2.45) is 0 Å². The summed E-state index contributed by atoms with van der Waals surface area (Å²) < 4.78 is 0. The molecule has 0 bridgehead atoms. The van der Waals surface area contributed by atoms with E-state index in [0.717, 1.165) is 45.0 Å². The third-order valence-corrected chi connectivity index (χ3v) is 6.11. The van der Waals surface area contributed by atoms with Crippen LogP contribution in [-0.2, 0) is 17.9 Å². The summed E-state index contributed by atoms with van der Waals surface area (Å²) in [4.78, 5) is 32.6. The van der Waals surface area contributed by atoms with Crippen molar-refractivity contribution in [3.8, 4) is 0 Å². The third-order valence-electron chi connectivity index (χ3n) is 5.35. The average molecular weight is 450 g/mol. The molecule has 0 atom stereocenters. The second-order valence-corrected chi connectivity index (χ2v) is 8.77. The Morgan fingerprint density at radius 2 is 1.47 bits per heavy atom. The largest absolute Gasteiger partial charge is 0.321 e. The highest BCUT2D eigenvalue weighted by Crippen LogP contribution is 2.18. The Kier molecular flexibility index (Phi) is 7.26. The molecule has 2 heterocycles. The molecule has 32 heavy (non-hydrogen) atoms. The quantitative estimate of drug-likeness (QED) is 0.576. The van der Waals surface area contributed by atoms with Crippen LogP contribution in [0, 0.1) is 0 Å². The van der Waals surface area contributed by atoms with E-state index in [1.165, 1.54) is 29.4 Å². The Morgan fingerprint density at radius 1 is 0.875 bits per heavy atom. The van der Waals surface area contributed by atoms with Gasteiger partial charge in [-0.2, -0.15) is 0 Å². The smallest absolute Gasteiger partial charge is 0.275 e. The van der Waals surface area contributed by atoms with Crippen LogP contribution < -0.4 is 10.6 Å². The van der Waals surface area contributed by atoms with Gasteiger partial charge in [0, 0.05) is 57.3 Å². The van der Waals surface area contributed by atoms with Crippen molar-refractivity contribution in [3.05, 3.63) is 76.8 Å². The number of hydrogen-bond donors (Lipinski definition) is 2. The number of piperazine rings is 1. The Labute approximate surface area is 192 Å². The van der Waals surface area contributed by atoms with Gasteiger partial charge in [0.1, 0.15) is 5.69 Å². The zero-order valence-corrected chi connectivity index (χ0v) is 18.9. The highest BCUT2D eigenvalue weighted by Gasteiger charge is 2.17. The monoisotopic (exact) mass is 449 g/mol. The van der Waals surface area contributed by atoms with Gasteiger partial charge in [-0.05, 0) is 23.3 Å². The molecule has 166 valence electrons. The normalized spacial score (nSPS) is 14.8. The van der Waals surface area contributed by atoms with Crippen LogP contribution in [0.15, 0.2) is 60.0 Å². The van der Waals surface area contributed by atoms with Gasteiger partial charge < -0.3 is 10.6 Å². The molecule has 0 spiro atoms. The number of aromatic nitrogens is 1. The summed E-state index contributed by atoms with van der Waals surface area (Å²) >= 11 is 1.23. The lowest BCUT2D eigenvalue weighted by molar-refractivity contribution is -0.114. The van der Waals surface area contributed by atoms with Crippen molar-refractivity contribution in [2.45, 2.75) is 20.0 Å². The topological polar surface area (TPSA) is 77.6 Å². The van der Waals surface area contributed by atoms with Crippen molar-refractivity contribution in [1.29, 1.82) is 0 Å². The number of carbonyl (C=O) groups is 2. The SMILES string of the molecule is CC(=O)Nc1nc(C(=O)Nc2ccc(CN3CCN(Cc4ccccc4)CC3)cc2)cs1. The number of benzene rings is 2. The Hall–Kier alpha value is -3.07. The van der Waals surface area contributed by atoms with Crippen LogP contribution in [0.5, 0.6) is 0 Å². The van der Waals surface area contributed by atoms with E-state index in [4.69, 9.17) is 0 Å². The molecular weight excluding hydrogens is 422 g/mol. The van der Waals surface area contributed by atoms with E-state index < -0.39 is 0 Å². The summed E-state index contributed by atoms with van der Waals surface area (Å²) in [5.41, 5.74) is 3.60. The first-order valence-electron chi connectivity index (χ1n) is 10.7. The van der Waals surface area contributed by atoms with Gasteiger partial charge in [-0.3, -0.25) is 19.4 Å². The lowest BCUT2D eigenvalue weighted by atomic mass is 10.1. The number of rotatable bonds is 7. The lowest BCUT2D eigenvalue weighted by Gasteiger charge is -2.34. The summed E-state index contributed by atoms with van der Waals surface area (Å²) in [6.45, 7) is 7.55. The standard InChI is InChI=1S/C24H27N5O2S/c1-18(30)25-24-27-22(17-32-24)23(31)26-21-9-7-20(8-10-21)16-29-13-11-28(12-14-29)15-19-5-3-2-4-6-19/h2-10,17H,11-16H2,1H3,(H,26,31)(H,25,27,30). The van der Waals surface area contributed by atoms with E-state index in [1.54, 1.807) is 5.38 Å². The van der Waals surface area contributed by atoms with Crippen LogP contribution in [0.1, 0.15) is 28.5 Å². The minimum absolute atomic E-state index is 0.209. The van der Waals surface area contributed by atoms with Gasteiger partial charge in [0.05, 0.1) is 0 Å². The number of carbonyl (C=O) groups excluding carboxylic acids is 2. The zero-order valence-electron chi connectivity index (χ0n) is 18.1. The van der Waals surface area contributed by atoms with Crippen LogP contribution in [0.4, 0.5) is 10.8 Å². The average Bonchev–Trinajstić information content (AvgIpc) is 3.25. The maximum absolute atomic E-state index is 12.4. The maximum atomic E-state index is 12.4. The van der Waals surface area contributed by atoms with E-state index in [2.05, 4.69) is 67.9 Å². The highest BCUT2D eigenvalue weighted by atomic mass is 32.1. The summed E-state index contributed by atoms with van der Waals surface area (Å²) in [6.07, 6.45) is 0. The Balaban J connectivity index is 1.24. The highest BCUT2D eigenvalue weighted by molar-refractivity contribution is 7.14. The predicted molar refractivity (Wildman–Crippen MR) is 128 cm³/mol. The Morgan fingerprint density at radius 3 is 2.06 bits per heavy atom. The minimum atomic E-state index is -0.292. The molecule has 1 aliphatic heterocycles. The second-order valence-electron chi connectivity index (χ2n) is 7.91. The molecule has 1 aliphatic rings. The van der Waals surface area contributed by atoms with Gasteiger partial charge in [-0.1, -0.05) is 42.5 Å². The molecule has 0 radical (unpaired) electrons. The summed E-state index contributed by atoms with van der Waals surface area (Å²) in [7, 11) is 0. The maximum Gasteiger partial charge on any atom is 0.275 e. The van der Waals surface area contributed by atoms with Crippen LogP contribution in [0.25, 0.3) is 0 Å². The Bertz CT molecular complexity index is 1040. The van der Waals surface area contributed by atoms with Crippen LogP contribution >= 0.6 is 11.3 Å². The number of hydrogen-bond acceptors (Lipinski definition) is 6. The molecule has 1 saturated heterocycles. The summed E-state index contributed by atoms with van der Waals surface area (Å²) in [5.74, 6) is -0.500. The zero-order chi connectivity index (χ0) is 22.3. The number of nitrogens with one attached hydrogen (secondary N) is 2. The summed E-state index contributed by atoms with van der Waals surface area (Å²) in [5, 5.41) is 7.49. The van der Waals surface area contributed by atoms with Gasteiger partial charge >= 0.3 is 0 Å². The first kappa shape index (κ1) is 22.1. The van der Waals surface area contributed by atoms with Gasteiger partial charge in [-0.25, -0.2) is 4.98 Å². The molecule has 4 rings (SSSR count). The summed E-state index contributed by atoms with van der Waals surface area (Å²) in [6, 6.07) is 18.5. The van der Waals surface area contributed by atoms with Gasteiger partial charge in [0.15, 0.2) is 5.13 Å². The van der Waals surface area contributed by atoms with Crippen LogP contribution in [-0.4, -0.2) is 52.8 Å². The first-order valence-corrected chi connectivity index (χ1v) is 11.6. The number of thiazole rings is 1. The minimum Gasteiger partial charge on any atom is -0.321 e. The van der Waals surface area contributed by atoms with Crippen molar-refractivity contribution in [1.82, 2.24) is 14.8 Å². The van der Waals surface area contributed by atoms with E-state index >= 15 is 0 Å². The van der Waals surface area contributed by atoms with Crippen LogP contribution in [0.3, 0.4) is 0 Å². The van der Waals surface area contributed by atoms with E-state index in [-0.39, 0.29) is 17.5 Å². The molecule has 2 amide bonds. The molecule has 2 N–H and O–H groups in total. The van der Waals surface area contributed by atoms with Crippen molar-refractivity contribution in [2.75, 3.05) is 36.8 Å². The predicted octanol–water partition coefficient (Wildman–Crippen LogP) is 3.67. The van der Waals surface area contributed by atoms with E-state index in [1.807, 2.05) is 12.1 Å². The van der Waals surface area contributed by atoms with E-state index in [9.17, 15) is 9.59 Å². The van der Waals surface area contributed by atoms with E-state index in [0.29, 0.717) is 5.13 Å². The van der Waals surface area contributed by atoms with Gasteiger partial charge in [-0.15, -0.1) is 11.3 Å². The van der Waals surface area contributed by atoms with Crippen molar-refractivity contribution in [3.63, 3.8) is 0 Å². The number of nitrogens with zero attached hydrogens (tertiary/aromatic N) is 3. The molecule has 1 aromatic heterocycles.